The second-order valence-electron chi connectivity index (χ2n) is 6.17. The van der Waals surface area contributed by atoms with E-state index in [9.17, 15) is 0 Å². The van der Waals surface area contributed by atoms with Crippen LogP contribution in [0.15, 0.2) is 0 Å². The van der Waals surface area contributed by atoms with Gasteiger partial charge in [0.05, 0.1) is 11.1 Å². The minimum Gasteiger partial charge on any atom is -0.315 e. The second kappa shape index (κ2) is 9.92. The molecule has 132 valence electrons. The molecule has 0 amide bonds. The highest BCUT2D eigenvalue weighted by atomic mass is 32.3. The summed E-state index contributed by atoms with van der Waals surface area (Å²) in [6.07, 6.45) is 22.0. The van der Waals surface area contributed by atoms with Crippen LogP contribution < -0.4 is 11.5 Å². The summed E-state index contributed by atoms with van der Waals surface area (Å²) in [5.74, 6) is 5.32. The van der Waals surface area contributed by atoms with Crippen molar-refractivity contribution in [2.45, 2.75) is 75.3 Å². The molecule has 0 aromatic carbocycles. The molecular weight excluding hydrogens is 316 g/mol. The van der Waals surface area contributed by atoms with Crippen LogP contribution in [-0.4, -0.2) is 28.6 Å². The standard InChI is InChI=1S/2C8H13N.H2O4S/c2*1-2-8(9)6-4-3-5-7-8;1-5(2,3)4/h2*1H,3-7,9H2;(H2,1,2,3,4). The summed E-state index contributed by atoms with van der Waals surface area (Å²) in [4.78, 5) is 0. The fraction of sp³-hybridized carbons (Fsp3) is 0.750. The number of nitrogens with two attached hydrogens (primary N) is 2. The molecule has 0 spiro atoms. The van der Waals surface area contributed by atoms with E-state index in [4.69, 9.17) is 41.8 Å². The van der Waals surface area contributed by atoms with Gasteiger partial charge < -0.3 is 11.5 Å². The second-order valence-corrected chi connectivity index (χ2v) is 7.07. The maximum absolute atomic E-state index is 8.74. The van der Waals surface area contributed by atoms with E-state index in [-0.39, 0.29) is 11.1 Å². The Labute approximate surface area is 140 Å². The molecule has 23 heavy (non-hydrogen) atoms. The Balaban J connectivity index is 0.000000332. The first kappa shape index (κ1) is 21.9. The van der Waals surface area contributed by atoms with Gasteiger partial charge in [0, 0.05) is 0 Å². The summed E-state index contributed by atoms with van der Waals surface area (Å²) in [5.41, 5.74) is 11.1. The van der Waals surface area contributed by atoms with Crippen molar-refractivity contribution in [1.29, 1.82) is 0 Å². The molecule has 0 heterocycles. The molecular formula is C16H28N2O4S. The molecule has 0 bridgehead atoms. The highest BCUT2D eigenvalue weighted by molar-refractivity contribution is 7.79. The van der Waals surface area contributed by atoms with Gasteiger partial charge >= 0.3 is 10.4 Å². The summed E-state index contributed by atoms with van der Waals surface area (Å²) in [6, 6.07) is 0. The van der Waals surface area contributed by atoms with Gasteiger partial charge in [-0.2, -0.15) is 8.42 Å². The largest absolute Gasteiger partial charge is 0.394 e. The Bertz CT molecular complexity index is 477. The lowest BCUT2D eigenvalue weighted by Gasteiger charge is -2.27. The van der Waals surface area contributed by atoms with E-state index < -0.39 is 10.4 Å². The highest BCUT2D eigenvalue weighted by Crippen LogP contribution is 2.25. The molecule has 0 aliphatic heterocycles. The average Bonchev–Trinajstić information content (AvgIpc) is 2.48. The van der Waals surface area contributed by atoms with Crippen LogP contribution in [0.5, 0.6) is 0 Å². The number of hydrogen-bond donors (Lipinski definition) is 4. The van der Waals surface area contributed by atoms with Crippen molar-refractivity contribution in [3.05, 3.63) is 0 Å². The first-order chi connectivity index (χ1) is 10.5. The normalized spacial score (nSPS) is 22.0. The average molecular weight is 344 g/mol. The first-order valence-corrected chi connectivity index (χ1v) is 9.16. The van der Waals surface area contributed by atoms with Gasteiger partial charge in [-0.1, -0.05) is 50.4 Å². The van der Waals surface area contributed by atoms with Crippen molar-refractivity contribution >= 4 is 10.4 Å². The lowest BCUT2D eigenvalue weighted by atomic mass is 9.83. The molecule has 0 radical (unpaired) electrons. The smallest absolute Gasteiger partial charge is 0.315 e. The molecule has 2 aliphatic rings. The number of hydrogen-bond acceptors (Lipinski definition) is 4. The number of rotatable bonds is 0. The van der Waals surface area contributed by atoms with Gasteiger partial charge in [0.25, 0.3) is 0 Å². The van der Waals surface area contributed by atoms with Gasteiger partial charge in [-0.15, -0.1) is 12.8 Å². The molecule has 2 rings (SSSR count). The molecule has 0 saturated heterocycles. The quantitative estimate of drug-likeness (QED) is 0.393. The van der Waals surface area contributed by atoms with Crippen molar-refractivity contribution in [2.24, 2.45) is 11.5 Å². The molecule has 0 aromatic heterocycles. The lowest BCUT2D eigenvalue weighted by Crippen LogP contribution is -2.39. The Kier molecular flexibility index (Phi) is 9.45. The highest BCUT2D eigenvalue weighted by Gasteiger charge is 2.24. The maximum atomic E-state index is 8.74. The Hall–Kier alpha value is -1.09. The minimum absolute atomic E-state index is 0.252. The molecule has 7 heteroatoms. The third-order valence-corrected chi connectivity index (χ3v) is 4.07. The molecule has 0 aromatic rings. The van der Waals surface area contributed by atoms with Crippen molar-refractivity contribution < 1.29 is 17.5 Å². The van der Waals surface area contributed by atoms with Crippen molar-refractivity contribution in [3.8, 4) is 24.7 Å². The summed E-state index contributed by atoms with van der Waals surface area (Å²) < 4.78 is 31.6. The molecule has 0 unspecified atom stereocenters. The first-order valence-electron chi connectivity index (χ1n) is 7.77. The van der Waals surface area contributed by atoms with Gasteiger partial charge in [0.1, 0.15) is 0 Å². The Morgan fingerprint density at radius 1 is 0.739 bits per heavy atom. The van der Waals surface area contributed by atoms with E-state index in [1.54, 1.807) is 0 Å². The zero-order valence-corrected chi connectivity index (χ0v) is 14.3. The summed E-state index contributed by atoms with van der Waals surface area (Å²) in [6.45, 7) is 0. The molecule has 0 atom stereocenters. The monoisotopic (exact) mass is 344 g/mol. The van der Waals surface area contributed by atoms with E-state index in [0.717, 1.165) is 25.7 Å². The Morgan fingerprint density at radius 2 is 0.957 bits per heavy atom. The van der Waals surface area contributed by atoms with Crippen LogP contribution >= 0.6 is 0 Å². The molecule has 2 saturated carbocycles. The summed E-state index contributed by atoms with van der Waals surface area (Å²) in [7, 11) is -4.67. The van der Waals surface area contributed by atoms with Gasteiger partial charge in [0.15, 0.2) is 0 Å². The molecule has 2 aliphatic carbocycles. The van der Waals surface area contributed by atoms with Crippen molar-refractivity contribution in [1.82, 2.24) is 0 Å². The van der Waals surface area contributed by atoms with Gasteiger partial charge in [-0.05, 0) is 25.7 Å². The van der Waals surface area contributed by atoms with E-state index in [0.29, 0.717) is 0 Å². The maximum Gasteiger partial charge on any atom is 0.394 e. The van der Waals surface area contributed by atoms with E-state index in [2.05, 4.69) is 11.8 Å². The van der Waals surface area contributed by atoms with E-state index >= 15 is 0 Å². The van der Waals surface area contributed by atoms with E-state index in [1.165, 1.54) is 38.5 Å². The van der Waals surface area contributed by atoms with Gasteiger partial charge in [-0.25, -0.2) is 0 Å². The fourth-order valence-electron chi connectivity index (χ4n) is 2.65. The molecule has 6 N–H and O–H groups in total. The van der Waals surface area contributed by atoms with Crippen LogP contribution in [0.25, 0.3) is 0 Å². The van der Waals surface area contributed by atoms with Crippen LogP contribution in [0, 0.1) is 24.7 Å². The third-order valence-electron chi connectivity index (χ3n) is 4.07. The predicted molar refractivity (Wildman–Crippen MR) is 91.9 cm³/mol. The summed E-state index contributed by atoms with van der Waals surface area (Å²) >= 11 is 0. The van der Waals surface area contributed by atoms with Crippen LogP contribution in [0.1, 0.15) is 64.2 Å². The third kappa shape index (κ3) is 12.1. The molecule has 2 fully saturated rings. The Morgan fingerprint density at radius 3 is 1.09 bits per heavy atom. The van der Waals surface area contributed by atoms with Crippen LogP contribution in [-0.2, 0) is 10.4 Å². The van der Waals surface area contributed by atoms with Crippen molar-refractivity contribution in [2.75, 3.05) is 0 Å². The van der Waals surface area contributed by atoms with Crippen molar-refractivity contribution in [3.63, 3.8) is 0 Å². The molecule has 6 nitrogen and oxygen atoms in total. The van der Waals surface area contributed by atoms with Crippen LogP contribution in [0.4, 0.5) is 0 Å². The summed E-state index contributed by atoms with van der Waals surface area (Å²) in [5, 5.41) is 0. The zero-order valence-electron chi connectivity index (χ0n) is 13.5. The van der Waals surface area contributed by atoms with Crippen LogP contribution in [0.3, 0.4) is 0 Å². The van der Waals surface area contributed by atoms with Gasteiger partial charge in [-0.3, -0.25) is 9.11 Å². The minimum atomic E-state index is -4.67. The SMILES string of the molecule is C#CC1(N)CCCCC1.C#CC1(N)CCCCC1.O=S(=O)(O)O. The predicted octanol–water partition coefficient (Wildman–Crippen LogP) is 1.91. The van der Waals surface area contributed by atoms with Gasteiger partial charge in [0.2, 0.25) is 0 Å². The fourth-order valence-corrected chi connectivity index (χ4v) is 2.65. The number of terminal acetylenes is 2. The zero-order chi connectivity index (χ0) is 18.0. The lowest BCUT2D eigenvalue weighted by molar-refractivity contribution is 0.371. The van der Waals surface area contributed by atoms with Crippen LogP contribution in [0.2, 0.25) is 0 Å². The van der Waals surface area contributed by atoms with E-state index in [1.807, 2.05) is 0 Å². The topological polar surface area (TPSA) is 127 Å².